The number of phenols is 1. The Morgan fingerprint density at radius 3 is 2.71 bits per heavy atom. The SMILES string of the molecule is Cc1cc(Cl)ccc1OCc1ccc(C(=O)Nc2ccc([N+](=O)[O-])cc2O)o1. The molecule has 0 aliphatic heterocycles. The number of nitro benzene ring substituents is 1. The van der Waals surface area contributed by atoms with Crippen molar-refractivity contribution in [3.63, 3.8) is 0 Å². The van der Waals surface area contributed by atoms with Gasteiger partial charge in [0.25, 0.3) is 11.6 Å². The van der Waals surface area contributed by atoms with E-state index in [4.69, 9.17) is 20.8 Å². The fourth-order valence-corrected chi connectivity index (χ4v) is 2.65. The zero-order valence-electron chi connectivity index (χ0n) is 14.6. The first-order chi connectivity index (χ1) is 13.3. The molecule has 2 aromatic carbocycles. The predicted octanol–water partition coefficient (Wildman–Crippen LogP) is 4.69. The maximum Gasteiger partial charge on any atom is 0.291 e. The molecule has 0 aliphatic rings. The molecule has 0 bridgehead atoms. The van der Waals surface area contributed by atoms with Gasteiger partial charge in [-0.05, 0) is 48.9 Å². The summed E-state index contributed by atoms with van der Waals surface area (Å²) in [5.41, 5.74) is 0.609. The number of halogens is 1. The number of carbonyl (C=O) groups is 1. The number of amides is 1. The van der Waals surface area contributed by atoms with Crippen molar-refractivity contribution < 1.29 is 24.0 Å². The van der Waals surface area contributed by atoms with Crippen LogP contribution in [0.5, 0.6) is 11.5 Å². The smallest absolute Gasteiger partial charge is 0.291 e. The summed E-state index contributed by atoms with van der Waals surface area (Å²) in [6.07, 6.45) is 0. The van der Waals surface area contributed by atoms with Gasteiger partial charge in [-0.3, -0.25) is 14.9 Å². The van der Waals surface area contributed by atoms with Gasteiger partial charge in [0, 0.05) is 11.1 Å². The fourth-order valence-electron chi connectivity index (χ4n) is 2.42. The Morgan fingerprint density at radius 1 is 1.25 bits per heavy atom. The van der Waals surface area contributed by atoms with Crippen LogP contribution in [0.1, 0.15) is 21.9 Å². The zero-order valence-corrected chi connectivity index (χ0v) is 15.4. The van der Waals surface area contributed by atoms with Gasteiger partial charge >= 0.3 is 0 Å². The topological polar surface area (TPSA) is 115 Å². The van der Waals surface area contributed by atoms with Crippen molar-refractivity contribution in [1.29, 1.82) is 0 Å². The van der Waals surface area contributed by atoms with Gasteiger partial charge in [-0.25, -0.2) is 0 Å². The minimum absolute atomic E-state index is 0.00387. The third-order valence-corrected chi connectivity index (χ3v) is 4.07. The van der Waals surface area contributed by atoms with Crippen molar-refractivity contribution in [3.8, 4) is 11.5 Å². The van der Waals surface area contributed by atoms with Gasteiger partial charge < -0.3 is 19.6 Å². The minimum atomic E-state index is -0.646. The van der Waals surface area contributed by atoms with Crippen LogP contribution in [-0.4, -0.2) is 15.9 Å². The Kier molecular flexibility index (Phi) is 5.51. The minimum Gasteiger partial charge on any atom is -0.506 e. The second kappa shape index (κ2) is 8.01. The molecule has 0 saturated carbocycles. The van der Waals surface area contributed by atoms with Gasteiger partial charge in [0.1, 0.15) is 23.9 Å². The molecule has 2 N–H and O–H groups in total. The van der Waals surface area contributed by atoms with Gasteiger partial charge in [0.05, 0.1) is 16.7 Å². The number of carbonyl (C=O) groups excluding carboxylic acids is 1. The highest BCUT2D eigenvalue weighted by atomic mass is 35.5. The first kappa shape index (κ1) is 19.2. The highest BCUT2D eigenvalue weighted by Crippen LogP contribution is 2.28. The number of hydrogen-bond acceptors (Lipinski definition) is 6. The Balaban J connectivity index is 1.64. The number of phenolic OH excluding ortho intramolecular Hbond substituents is 1. The monoisotopic (exact) mass is 402 g/mol. The van der Waals surface area contributed by atoms with Crippen molar-refractivity contribution >= 4 is 28.9 Å². The molecule has 0 unspecified atom stereocenters. The summed E-state index contributed by atoms with van der Waals surface area (Å²) in [4.78, 5) is 22.3. The van der Waals surface area contributed by atoms with Gasteiger partial charge in [0.15, 0.2) is 5.76 Å². The van der Waals surface area contributed by atoms with Crippen molar-refractivity contribution in [1.82, 2.24) is 0 Å². The lowest BCUT2D eigenvalue weighted by Crippen LogP contribution is -2.11. The molecular weight excluding hydrogens is 388 g/mol. The zero-order chi connectivity index (χ0) is 20.3. The van der Waals surface area contributed by atoms with Crippen LogP contribution in [0.25, 0.3) is 0 Å². The summed E-state index contributed by atoms with van der Waals surface area (Å²) < 4.78 is 11.1. The average molecular weight is 403 g/mol. The number of furan rings is 1. The van der Waals surface area contributed by atoms with E-state index >= 15 is 0 Å². The van der Waals surface area contributed by atoms with Crippen LogP contribution >= 0.6 is 11.6 Å². The highest BCUT2D eigenvalue weighted by Gasteiger charge is 2.16. The Labute approximate surface area is 164 Å². The van der Waals surface area contributed by atoms with E-state index in [9.17, 15) is 20.0 Å². The summed E-state index contributed by atoms with van der Waals surface area (Å²) in [5, 5.41) is 23.5. The average Bonchev–Trinajstić information content (AvgIpc) is 3.11. The number of hydrogen-bond donors (Lipinski definition) is 2. The van der Waals surface area contributed by atoms with Gasteiger partial charge in [-0.2, -0.15) is 0 Å². The van der Waals surface area contributed by atoms with Gasteiger partial charge in [-0.1, -0.05) is 11.6 Å². The van der Waals surface area contributed by atoms with E-state index in [1.807, 2.05) is 6.92 Å². The lowest BCUT2D eigenvalue weighted by Gasteiger charge is -2.08. The number of aromatic hydroxyl groups is 1. The Hall–Kier alpha value is -3.52. The van der Waals surface area contributed by atoms with E-state index in [1.54, 1.807) is 24.3 Å². The van der Waals surface area contributed by atoms with Crippen LogP contribution in [0.2, 0.25) is 5.02 Å². The number of ether oxygens (including phenoxy) is 1. The molecule has 0 fully saturated rings. The first-order valence-electron chi connectivity index (χ1n) is 8.10. The van der Waals surface area contributed by atoms with Crippen LogP contribution in [0.15, 0.2) is 52.9 Å². The maximum atomic E-state index is 12.3. The number of anilines is 1. The van der Waals surface area contributed by atoms with Crippen LogP contribution in [0.3, 0.4) is 0 Å². The largest absolute Gasteiger partial charge is 0.506 e. The first-order valence-corrected chi connectivity index (χ1v) is 8.47. The molecule has 9 heteroatoms. The van der Waals surface area contributed by atoms with E-state index in [-0.39, 0.29) is 23.7 Å². The second-order valence-corrected chi connectivity index (χ2v) is 6.31. The number of nitrogens with zero attached hydrogens (tertiary/aromatic N) is 1. The molecule has 3 rings (SSSR count). The third kappa shape index (κ3) is 4.41. The van der Waals surface area contributed by atoms with Crippen LogP contribution in [0, 0.1) is 17.0 Å². The molecular formula is C19H15ClN2O6. The molecule has 1 heterocycles. The number of non-ortho nitro benzene ring substituents is 1. The maximum absolute atomic E-state index is 12.3. The van der Waals surface area contributed by atoms with E-state index in [0.717, 1.165) is 11.6 Å². The molecule has 0 aliphatic carbocycles. The number of aryl methyl sites for hydroxylation is 1. The van der Waals surface area contributed by atoms with Crippen molar-refractivity contribution in [3.05, 3.63) is 80.8 Å². The highest BCUT2D eigenvalue weighted by molar-refractivity contribution is 6.30. The summed E-state index contributed by atoms with van der Waals surface area (Å²) in [5.74, 6) is 0.0353. The van der Waals surface area contributed by atoms with Crippen molar-refractivity contribution in [2.24, 2.45) is 0 Å². The van der Waals surface area contributed by atoms with E-state index in [2.05, 4.69) is 5.32 Å². The number of rotatable bonds is 6. The second-order valence-electron chi connectivity index (χ2n) is 5.88. The fraction of sp³-hybridized carbons (Fsp3) is 0.105. The molecule has 3 aromatic rings. The summed E-state index contributed by atoms with van der Waals surface area (Å²) in [6.45, 7) is 1.97. The lowest BCUT2D eigenvalue weighted by atomic mass is 10.2. The van der Waals surface area contributed by atoms with Gasteiger partial charge in [-0.15, -0.1) is 0 Å². The molecule has 1 aromatic heterocycles. The van der Waals surface area contributed by atoms with E-state index in [0.29, 0.717) is 16.5 Å². The summed E-state index contributed by atoms with van der Waals surface area (Å²) in [7, 11) is 0. The van der Waals surface area contributed by atoms with E-state index < -0.39 is 16.6 Å². The molecule has 1 amide bonds. The lowest BCUT2D eigenvalue weighted by molar-refractivity contribution is -0.384. The van der Waals surface area contributed by atoms with Gasteiger partial charge in [0.2, 0.25) is 0 Å². The molecule has 28 heavy (non-hydrogen) atoms. The number of nitro groups is 1. The van der Waals surface area contributed by atoms with E-state index in [1.165, 1.54) is 18.2 Å². The number of benzene rings is 2. The number of nitrogens with one attached hydrogen (secondary N) is 1. The molecule has 0 spiro atoms. The Morgan fingerprint density at radius 2 is 2.04 bits per heavy atom. The molecule has 0 saturated heterocycles. The van der Waals surface area contributed by atoms with Crippen LogP contribution in [-0.2, 0) is 6.61 Å². The normalized spacial score (nSPS) is 10.5. The molecule has 0 radical (unpaired) electrons. The summed E-state index contributed by atoms with van der Waals surface area (Å²) in [6, 6.07) is 11.6. The van der Waals surface area contributed by atoms with Crippen LogP contribution < -0.4 is 10.1 Å². The van der Waals surface area contributed by atoms with Crippen LogP contribution in [0.4, 0.5) is 11.4 Å². The molecule has 8 nitrogen and oxygen atoms in total. The molecule has 0 atom stereocenters. The predicted molar refractivity (Wildman–Crippen MR) is 102 cm³/mol. The standard InChI is InChI=1S/C19H15ClN2O6/c1-11-8-12(20)2-6-17(11)27-10-14-4-7-18(28-14)19(24)21-15-5-3-13(22(25)26)9-16(15)23/h2-9,23H,10H2,1H3,(H,21,24). The molecule has 144 valence electrons. The third-order valence-electron chi connectivity index (χ3n) is 3.83. The summed E-state index contributed by atoms with van der Waals surface area (Å²) >= 11 is 5.90. The Bertz CT molecular complexity index is 1050. The van der Waals surface area contributed by atoms with Crippen molar-refractivity contribution in [2.75, 3.05) is 5.32 Å². The quantitative estimate of drug-likeness (QED) is 0.351. The van der Waals surface area contributed by atoms with Crippen molar-refractivity contribution in [2.45, 2.75) is 13.5 Å².